The molecule has 0 aliphatic rings. The molecule has 0 amide bonds. The largest absolute Gasteiger partial charge is 0.381 e. The van der Waals surface area contributed by atoms with Crippen molar-refractivity contribution in [3.8, 4) is 0 Å². The Morgan fingerprint density at radius 3 is 2.90 bits per heavy atom. The lowest BCUT2D eigenvalue weighted by atomic mass is 10.2. The van der Waals surface area contributed by atoms with Crippen LogP contribution in [0.3, 0.4) is 0 Å². The van der Waals surface area contributed by atoms with Gasteiger partial charge in [0.05, 0.1) is 23.7 Å². The zero-order valence-electron chi connectivity index (χ0n) is 10.5. The van der Waals surface area contributed by atoms with E-state index < -0.39 is 10.0 Å². The maximum atomic E-state index is 12.4. The Balaban J connectivity index is 2.09. The number of aryl methyl sites for hydroxylation is 1. The minimum Gasteiger partial charge on any atom is -0.381 e. The van der Waals surface area contributed by atoms with E-state index in [9.17, 15) is 8.42 Å². The summed E-state index contributed by atoms with van der Waals surface area (Å²) in [5, 5.41) is 7.27. The van der Waals surface area contributed by atoms with Gasteiger partial charge in [-0.3, -0.25) is 9.82 Å². The Labute approximate surface area is 114 Å². The van der Waals surface area contributed by atoms with E-state index in [2.05, 4.69) is 19.9 Å². The minimum absolute atomic E-state index is 0.0423. The number of nitrogens with one attached hydrogen (secondary N) is 2. The molecule has 1 aromatic carbocycles. The molecular formula is C11H12N6O2S. The molecule has 3 aromatic rings. The number of hydrogen-bond acceptors (Lipinski definition) is 5. The first-order valence-corrected chi connectivity index (χ1v) is 7.19. The van der Waals surface area contributed by atoms with Gasteiger partial charge in [0, 0.05) is 12.4 Å². The van der Waals surface area contributed by atoms with Crippen LogP contribution in [0.25, 0.3) is 10.9 Å². The van der Waals surface area contributed by atoms with Crippen molar-refractivity contribution in [2.75, 3.05) is 10.5 Å². The van der Waals surface area contributed by atoms with E-state index in [-0.39, 0.29) is 10.8 Å². The Hall–Kier alpha value is -2.55. The van der Waals surface area contributed by atoms with Crippen molar-refractivity contribution in [1.29, 1.82) is 0 Å². The van der Waals surface area contributed by atoms with Crippen molar-refractivity contribution in [1.82, 2.24) is 19.7 Å². The molecule has 0 saturated heterocycles. The Bertz CT molecular complexity index is 860. The summed E-state index contributed by atoms with van der Waals surface area (Å²) in [5.74, 6) is -0.0423. The zero-order chi connectivity index (χ0) is 14.3. The van der Waals surface area contributed by atoms with E-state index in [4.69, 9.17) is 5.73 Å². The van der Waals surface area contributed by atoms with Gasteiger partial charge in [0.25, 0.3) is 10.0 Å². The van der Waals surface area contributed by atoms with Crippen LogP contribution in [0.2, 0.25) is 0 Å². The van der Waals surface area contributed by atoms with Crippen LogP contribution in [0.1, 0.15) is 0 Å². The normalized spacial score (nSPS) is 11.8. The highest BCUT2D eigenvalue weighted by atomic mass is 32.2. The third kappa shape index (κ3) is 1.88. The lowest BCUT2D eigenvalue weighted by Gasteiger charge is -2.09. The van der Waals surface area contributed by atoms with Crippen LogP contribution in [-0.2, 0) is 17.1 Å². The topological polar surface area (TPSA) is 119 Å². The average Bonchev–Trinajstić information content (AvgIpc) is 2.96. The first-order chi connectivity index (χ1) is 9.49. The third-order valence-electron chi connectivity index (χ3n) is 2.89. The Morgan fingerprint density at radius 2 is 2.20 bits per heavy atom. The summed E-state index contributed by atoms with van der Waals surface area (Å²) < 4.78 is 28.6. The molecule has 20 heavy (non-hydrogen) atoms. The number of rotatable bonds is 3. The fourth-order valence-corrected chi connectivity index (χ4v) is 3.33. The van der Waals surface area contributed by atoms with Crippen LogP contribution >= 0.6 is 0 Å². The molecule has 2 heterocycles. The molecule has 104 valence electrons. The lowest BCUT2D eigenvalue weighted by Crippen LogP contribution is -2.17. The van der Waals surface area contributed by atoms with Gasteiger partial charge in [-0.2, -0.15) is 13.5 Å². The highest BCUT2D eigenvalue weighted by Crippen LogP contribution is 2.25. The molecule has 0 radical (unpaired) electrons. The van der Waals surface area contributed by atoms with Gasteiger partial charge in [0.1, 0.15) is 0 Å². The maximum Gasteiger partial charge on any atom is 0.281 e. The average molecular weight is 292 g/mol. The second-order valence-corrected chi connectivity index (χ2v) is 5.89. The number of aromatic amines is 1. The molecule has 2 aromatic heterocycles. The fraction of sp³-hybridized carbons (Fsp3) is 0.0909. The zero-order valence-corrected chi connectivity index (χ0v) is 11.3. The number of nitrogens with two attached hydrogens (primary N) is 1. The lowest BCUT2D eigenvalue weighted by molar-refractivity contribution is 0.592. The van der Waals surface area contributed by atoms with Gasteiger partial charge in [0.2, 0.25) is 0 Å². The number of nitrogens with zero attached hydrogens (tertiary/aromatic N) is 3. The summed E-state index contributed by atoms with van der Waals surface area (Å²) in [4.78, 5) is 3.78. The number of benzene rings is 1. The van der Waals surface area contributed by atoms with Crippen molar-refractivity contribution in [3.05, 3.63) is 30.7 Å². The van der Waals surface area contributed by atoms with Crippen LogP contribution in [0.5, 0.6) is 0 Å². The molecule has 0 bridgehead atoms. The van der Waals surface area contributed by atoms with Crippen molar-refractivity contribution in [2.45, 2.75) is 5.03 Å². The van der Waals surface area contributed by atoms with E-state index in [1.54, 1.807) is 31.4 Å². The maximum absolute atomic E-state index is 12.4. The monoisotopic (exact) mass is 292 g/mol. The SMILES string of the molecule is Cn1cnc(N)c1S(=O)(=O)Nc1cccc2[nH]ncc12. The predicted octanol–water partition coefficient (Wildman–Crippen LogP) is 0.679. The smallest absolute Gasteiger partial charge is 0.281 e. The molecule has 0 aliphatic carbocycles. The van der Waals surface area contributed by atoms with Gasteiger partial charge in [-0.05, 0) is 12.1 Å². The van der Waals surface area contributed by atoms with E-state index in [0.717, 1.165) is 5.52 Å². The summed E-state index contributed by atoms with van der Waals surface area (Å²) in [6, 6.07) is 5.19. The first kappa shape index (κ1) is 12.5. The molecule has 0 saturated carbocycles. The molecule has 0 unspecified atom stereocenters. The molecule has 0 spiro atoms. The number of aromatic nitrogens is 4. The van der Waals surface area contributed by atoms with Gasteiger partial charge in [-0.15, -0.1) is 0 Å². The van der Waals surface area contributed by atoms with E-state index in [1.165, 1.54) is 10.9 Å². The molecular weight excluding hydrogens is 280 g/mol. The van der Waals surface area contributed by atoms with Crippen molar-refractivity contribution in [3.63, 3.8) is 0 Å². The molecule has 0 atom stereocenters. The Kier molecular flexibility index (Phi) is 2.64. The third-order valence-corrected chi connectivity index (χ3v) is 4.39. The quantitative estimate of drug-likeness (QED) is 0.656. The number of fused-ring (bicyclic) bond motifs is 1. The fourth-order valence-electron chi connectivity index (χ4n) is 2.01. The summed E-state index contributed by atoms with van der Waals surface area (Å²) in [6.07, 6.45) is 2.90. The highest BCUT2D eigenvalue weighted by molar-refractivity contribution is 7.92. The summed E-state index contributed by atoms with van der Waals surface area (Å²) in [7, 11) is -2.25. The molecule has 9 heteroatoms. The number of imidazole rings is 1. The van der Waals surface area contributed by atoms with Crippen LogP contribution in [0.4, 0.5) is 11.5 Å². The summed E-state index contributed by atoms with van der Waals surface area (Å²) in [5.41, 5.74) is 6.77. The van der Waals surface area contributed by atoms with Crippen molar-refractivity contribution < 1.29 is 8.42 Å². The van der Waals surface area contributed by atoms with Gasteiger partial charge in [0.15, 0.2) is 10.8 Å². The van der Waals surface area contributed by atoms with Crippen LogP contribution in [0, 0.1) is 0 Å². The number of sulfonamides is 1. The molecule has 8 nitrogen and oxygen atoms in total. The second-order valence-electron chi connectivity index (χ2n) is 4.29. The number of nitrogen functional groups attached to an aromatic ring is 1. The standard InChI is InChI=1S/C11H12N6O2S/c1-17-6-13-10(12)11(17)20(18,19)16-9-4-2-3-8-7(9)5-14-15-8/h2-6,16H,12H2,1H3,(H,14,15). The van der Waals surface area contributed by atoms with Crippen molar-refractivity contribution in [2.24, 2.45) is 7.05 Å². The van der Waals surface area contributed by atoms with Crippen molar-refractivity contribution >= 4 is 32.4 Å². The summed E-state index contributed by atoms with van der Waals surface area (Å²) in [6.45, 7) is 0. The molecule has 0 fully saturated rings. The van der Waals surface area contributed by atoms with E-state index in [1.807, 2.05) is 0 Å². The molecule has 3 rings (SSSR count). The number of H-pyrrole nitrogens is 1. The van der Waals surface area contributed by atoms with Gasteiger partial charge < -0.3 is 10.3 Å². The molecule has 0 aliphatic heterocycles. The van der Waals surface area contributed by atoms with E-state index >= 15 is 0 Å². The minimum atomic E-state index is -3.82. The predicted molar refractivity (Wildman–Crippen MR) is 74.5 cm³/mol. The number of hydrogen-bond donors (Lipinski definition) is 3. The Morgan fingerprint density at radius 1 is 1.40 bits per heavy atom. The first-order valence-electron chi connectivity index (χ1n) is 5.71. The summed E-state index contributed by atoms with van der Waals surface area (Å²) >= 11 is 0. The van der Waals surface area contributed by atoms with Gasteiger partial charge in [-0.25, -0.2) is 4.98 Å². The second kappa shape index (κ2) is 4.23. The van der Waals surface area contributed by atoms with E-state index in [0.29, 0.717) is 11.1 Å². The van der Waals surface area contributed by atoms with Crippen LogP contribution < -0.4 is 10.5 Å². The van der Waals surface area contributed by atoms with Gasteiger partial charge >= 0.3 is 0 Å². The van der Waals surface area contributed by atoms with Crippen LogP contribution in [-0.4, -0.2) is 28.2 Å². The van der Waals surface area contributed by atoms with Gasteiger partial charge in [-0.1, -0.05) is 6.07 Å². The molecule has 4 N–H and O–H groups in total. The highest BCUT2D eigenvalue weighted by Gasteiger charge is 2.23. The number of anilines is 2. The van der Waals surface area contributed by atoms with Crippen LogP contribution in [0.15, 0.2) is 35.7 Å².